The van der Waals surface area contributed by atoms with Gasteiger partial charge in [-0.3, -0.25) is 4.68 Å². The molecule has 0 spiro atoms. The lowest BCUT2D eigenvalue weighted by atomic mass is 9.97. The molecule has 0 bridgehead atoms. The van der Waals surface area contributed by atoms with E-state index in [1.165, 1.54) is 18.5 Å². The number of pyridine rings is 1. The Morgan fingerprint density at radius 2 is 1.88 bits per heavy atom. The molecule has 5 rings (SSSR count). The molecule has 3 aromatic heterocycles. The third-order valence-electron chi connectivity index (χ3n) is 5.62. The predicted molar refractivity (Wildman–Crippen MR) is 112 cm³/mol. The molecule has 1 fully saturated rings. The predicted octanol–water partition coefficient (Wildman–Crippen LogP) is 5.13. The number of aromatic nitrogens is 5. The molecule has 1 aromatic carbocycles. The molecule has 0 unspecified atom stereocenters. The van der Waals surface area contributed by atoms with Crippen LogP contribution in [0.3, 0.4) is 0 Å². The lowest BCUT2D eigenvalue weighted by molar-refractivity contribution is -0.287. The number of fused-ring (bicyclic) bond motifs is 2. The monoisotopic (exact) mass is 558 g/mol. The van der Waals surface area contributed by atoms with Crippen LogP contribution in [0.2, 0.25) is 0 Å². The number of alkyl halides is 5. The summed E-state index contributed by atoms with van der Waals surface area (Å²) in [5, 5.41) is 18.9. The van der Waals surface area contributed by atoms with Crippen LogP contribution in [0.1, 0.15) is 18.4 Å². The molecular weight excluding hydrogens is 546 g/mol. The molecule has 6 nitrogen and oxygen atoms in total. The van der Waals surface area contributed by atoms with Crippen LogP contribution in [-0.4, -0.2) is 36.6 Å². The van der Waals surface area contributed by atoms with Crippen molar-refractivity contribution >= 4 is 44.4 Å². The Morgan fingerprint density at radius 3 is 2.53 bits per heavy atom. The number of nitrogens with zero attached hydrogens (tertiary/aromatic N) is 6. The zero-order valence-corrected chi connectivity index (χ0v) is 18.2. The summed E-state index contributed by atoms with van der Waals surface area (Å²) in [6, 6.07) is 9.54. The number of nitriles is 1. The fraction of sp³-hybridized carbons (Fsp3) is 0.300. The van der Waals surface area contributed by atoms with Crippen molar-refractivity contribution in [3.05, 3.63) is 45.9 Å². The van der Waals surface area contributed by atoms with Crippen molar-refractivity contribution in [2.45, 2.75) is 36.9 Å². The summed E-state index contributed by atoms with van der Waals surface area (Å²) in [4.78, 5) is 4.21. The Bertz CT molecular complexity index is 1410. The van der Waals surface area contributed by atoms with Gasteiger partial charge < -0.3 is 0 Å². The number of hydrogen-bond donors (Lipinski definition) is 0. The van der Waals surface area contributed by atoms with E-state index in [0.29, 0.717) is 21.4 Å². The largest absolute Gasteiger partial charge is 0.455 e. The minimum Gasteiger partial charge on any atom is -0.257 e. The topological polar surface area (TPSA) is 72.3 Å². The second-order valence-corrected chi connectivity index (χ2v) is 8.76. The standard InChI is InChI=1S/C20H12F5IN6/c21-19(22,20(23,24)25)10-31-15-8-28-16(5-11(15)7-29-31)32-17(26)13-6-12(1-2-14(13)30-32)18(9-27)3-4-18/h1-2,5-8H,3-4,10H2. The van der Waals surface area contributed by atoms with Crippen molar-refractivity contribution in [2.75, 3.05) is 0 Å². The summed E-state index contributed by atoms with van der Waals surface area (Å²) < 4.78 is 67.4. The Labute approximate surface area is 190 Å². The highest BCUT2D eigenvalue weighted by Crippen LogP contribution is 2.48. The van der Waals surface area contributed by atoms with Gasteiger partial charge in [0, 0.05) is 10.8 Å². The van der Waals surface area contributed by atoms with Crippen LogP contribution in [-0.2, 0) is 12.0 Å². The van der Waals surface area contributed by atoms with Gasteiger partial charge in [0.2, 0.25) is 0 Å². The number of hydrogen-bond acceptors (Lipinski definition) is 4. The molecule has 0 amide bonds. The van der Waals surface area contributed by atoms with Gasteiger partial charge in [0.25, 0.3) is 0 Å². The number of rotatable bonds is 4. The van der Waals surface area contributed by atoms with Crippen LogP contribution >= 0.6 is 22.6 Å². The minimum absolute atomic E-state index is 0.0522. The van der Waals surface area contributed by atoms with E-state index in [4.69, 9.17) is 0 Å². The van der Waals surface area contributed by atoms with Gasteiger partial charge >= 0.3 is 12.1 Å². The fourth-order valence-corrected chi connectivity index (χ4v) is 4.37. The number of halogens is 6. The molecule has 1 aliphatic rings. The molecule has 0 saturated heterocycles. The van der Waals surface area contributed by atoms with E-state index < -0.39 is 24.1 Å². The molecule has 3 heterocycles. The molecule has 32 heavy (non-hydrogen) atoms. The van der Waals surface area contributed by atoms with Crippen molar-refractivity contribution < 1.29 is 22.0 Å². The highest BCUT2D eigenvalue weighted by Gasteiger charge is 2.57. The van der Waals surface area contributed by atoms with E-state index in [0.717, 1.165) is 27.5 Å². The minimum atomic E-state index is -5.67. The van der Waals surface area contributed by atoms with Gasteiger partial charge in [-0.2, -0.15) is 37.4 Å². The molecule has 164 valence electrons. The summed E-state index contributed by atoms with van der Waals surface area (Å²) in [7, 11) is 0. The molecule has 0 N–H and O–H groups in total. The maximum Gasteiger partial charge on any atom is 0.455 e. The molecule has 4 aromatic rings. The maximum absolute atomic E-state index is 13.4. The maximum atomic E-state index is 13.4. The van der Waals surface area contributed by atoms with Crippen molar-refractivity contribution in [3.63, 3.8) is 0 Å². The summed E-state index contributed by atoms with van der Waals surface area (Å²) in [6.45, 7) is -1.63. The summed E-state index contributed by atoms with van der Waals surface area (Å²) in [5.41, 5.74) is 1.23. The first kappa shape index (κ1) is 21.0. The van der Waals surface area contributed by atoms with Gasteiger partial charge in [0.05, 0.1) is 34.9 Å². The lowest BCUT2D eigenvalue weighted by Crippen LogP contribution is -2.40. The molecular formula is C20H12F5IN6. The SMILES string of the molecule is N#CC1(c2ccc3nn(-c4cc5cnn(CC(F)(F)C(F)(F)F)c5cn4)c(I)c3c2)CC1. The first-order valence-corrected chi connectivity index (χ1v) is 10.5. The van der Waals surface area contributed by atoms with Gasteiger partial charge in [-0.1, -0.05) is 6.07 Å². The molecule has 1 saturated carbocycles. The Hall–Kier alpha value is -2.82. The Morgan fingerprint density at radius 1 is 1.12 bits per heavy atom. The summed E-state index contributed by atoms with van der Waals surface area (Å²) in [5.74, 6) is -4.55. The molecule has 0 radical (unpaired) electrons. The van der Waals surface area contributed by atoms with Crippen LogP contribution in [0.4, 0.5) is 22.0 Å². The smallest absolute Gasteiger partial charge is 0.257 e. The highest BCUT2D eigenvalue weighted by atomic mass is 127. The first-order valence-electron chi connectivity index (χ1n) is 9.41. The second kappa shape index (κ2) is 6.84. The van der Waals surface area contributed by atoms with Crippen LogP contribution in [0, 0.1) is 15.0 Å². The molecule has 12 heteroatoms. The van der Waals surface area contributed by atoms with Crippen molar-refractivity contribution in [2.24, 2.45) is 0 Å². The van der Waals surface area contributed by atoms with Crippen molar-refractivity contribution in [1.29, 1.82) is 5.26 Å². The van der Waals surface area contributed by atoms with E-state index in [9.17, 15) is 27.2 Å². The zero-order valence-electron chi connectivity index (χ0n) is 16.0. The van der Waals surface area contributed by atoms with Gasteiger partial charge in [0.1, 0.15) is 10.2 Å². The molecule has 0 aliphatic heterocycles. The Balaban J connectivity index is 1.53. The zero-order chi connectivity index (χ0) is 22.9. The van der Waals surface area contributed by atoms with Crippen LogP contribution < -0.4 is 0 Å². The summed E-state index contributed by atoms with van der Waals surface area (Å²) >= 11 is 2.10. The van der Waals surface area contributed by atoms with E-state index in [-0.39, 0.29) is 5.52 Å². The van der Waals surface area contributed by atoms with Crippen LogP contribution in [0.5, 0.6) is 0 Å². The summed E-state index contributed by atoms with van der Waals surface area (Å²) in [6.07, 6.45) is -1.63. The van der Waals surface area contributed by atoms with E-state index >= 15 is 0 Å². The quantitative estimate of drug-likeness (QED) is 0.258. The molecule has 1 aliphatic carbocycles. The van der Waals surface area contributed by atoms with Crippen LogP contribution in [0.15, 0.2) is 36.7 Å². The van der Waals surface area contributed by atoms with Gasteiger partial charge in [-0.15, -0.1) is 0 Å². The fourth-order valence-electron chi connectivity index (χ4n) is 3.58. The van der Waals surface area contributed by atoms with Gasteiger partial charge in [-0.25, -0.2) is 9.67 Å². The van der Waals surface area contributed by atoms with E-state index in [1.54, 1.807) is 4.68 Å². The van der Waals surface area contributed by atoms with Gasteiger partial charge in [0.15, 0.2) is 5.82 Å². The molecule has 0 atom stereocenters. The lowest BCUT2D eigenvalue weighted by Gasteiger charge is -2.19. The third-order valence-corrected chi connectivity index (χ3v) is 6.66. The van der Waals surface area contributed by atoms with Gasteiger partial charge in [-0.05, 0) is 59.2 Å². The van der Waals surface area contributed by atoms with E-state index in [1.807, 2.05) is 18.2 Å². The Kier molecular flexibility index (Phi) is 4.50. The normalized spacial score (nSPS) is 15.9. The average Bonchev–Trinajstić information content (AvgIpc) is 3.36. The first-order chi connectivity index (χ1) is 15.0. The highest BCUT2D eigenvalue weighted by molar-refractivity contribution is 14.1. The van der Waals surface area contributed by atoms with Crippen molar-refractivity contribution in [1.82, 2.24) is 24.5 Å². The average molecular weight is 558 g/mol. The van der Waals surface area contributed by atoms with E-state index in [2.05, 4.69) is 43.8 Å². The van der Waals surface area contributed by atoms with Crippen molar-refractivity contribution in [3.8, 4) is 11.9 Å². The second-order valence-electron chi connectivity index (χ2n) is 7.73. The third kappa shape index (κ3) is 3.21. The number of benzene rings is 1. The van der Waals surface area contributed by atoms with Crippen LogP contribution in [0.25, 0.3) is 27.6 Å².